The molecule has 3 fully saturated rings. The van der Waals surface area contributed by atoms with Gasteiger partial charge >= 0.3 is 0 Å². The van der Waals surface area contributed by atoms with E-state index in [-0.39, 0.29) is 11.8 Å². The standard InChI is InChI=1S/C16H25N3O4/c1-12-17-15(23-18-12)14-11-20-7-6-19(14)10-13-2-4-16(5-3-13)21-8-9-22-16/h13-14H,2-11H2,1H3. The van der Waals surface area contributed by atoms with Gasteiger partial charge in [0.2, 0.25) is 5.89 Å². The molecule has 0 radical (unpaired) electrons. The molecule has 1 unspecified atom stereocenters. The average Bonchev–Trinajstić information content (AvgIpc) is 3.20. The van der Waals surface area contributed by atoms with Crippen LogP contribution in [0.4, 0.5) is 0 Å². The molecule has 1 saturated carbocycles. The van der Waals surface area contributed by atoms with Crippen molar-refractivity contribution in [1.29, 1.82) is 0 Å². The maximum Gasteiger partial charge on any atom is 0.246 e. The van der Waals surface area contributed by atoms with Gasteiger partial charge in [-0.3, -0.25) is 4.90 Å². The largest absolute Gasteiger partial charge is 0.378 e. The fourth-order valence-corrected chi connectivity index (χ4v) is 3.95. The molecular weight excluding hydrogens is 298 g/mol. The second-order valence-electron chi connectivity index (χ2n) is 6.82. The fourth-order valence-electron chi connectivity index (χ4n) is 3.95. The molecule has 3 heterocycles. The Balaban J connectivity index is 1.37. The van der Waals surface area contributed by atoms with Crippen LogP contribution in [0.25, 0.3) is 0 Å². The van der Waals surface area contributed by atoms with Crippen molar-refractivity contribution in [3.05, 3.63) is 11.7 Å². The fraction of sp³-hybridized carbons (Fsp3) is 0.875. The molecule has 3 aliphatic rings. The number of aromatic nitrogens is 2. The first-order valence-electron chi connectivity index (χ1n) is 8.64. The molecule has 1 aromatic heterocycles. The van der Waals surface area contributed by atoms with Crippen molar-refractivity contribution in [2.75, 3.05) is 39.5 Å². The minimum absolute atomic E-state index is 0.0832. The van der Waals surface area contributed by atoms with Crippen molar-refractivity contribution in [3.63, 3.8) is 0 Å². The Morgan fingerprint density at radius 3 is 2.65 bits per heavy atom. The van der Waals surface area contributed by atoms with Gasteiger partial charge in [-0.25, -0.2) is 0 Å². The maximum absolute atomic E-state index is 5.82. The van der Waals surface area contributed by atoms with E-state index in [1.165, 1.54) is 0 Å². The van der Waals surface area contributed by atoms with Crippen LogP contribution in [0.15, 0.2) is 4.52 Å². The highest BCUT2D eigenvalue weighted by Crippen LogP contribution is 2.39. The molecule has 7 heteroatoms. The molecule has 0 amide bonds. The van der Waals surface area contributed by atoms with E-state index in [0.717, 1.165) is 58.6 Å². The first kappa shape index (κ1) is 15.5. The van der Waals surface area contributed by atoms with Gasteiger partial charge in [0.1, 0.15) is 6.04 Å². The minimum Gasteiger partial charge on any atom is -0.378 e. The first-order chi connectivity index (χ1) is 11.2. The molecule has 1 spiro atoms. The van der Waals surface area contributed by atoms with Crippen molar-refractivity contribution in [3.8, 4) is 0 Å². The third-order valence-corrected chi connectivity index (χ3v) is 5.24. The predicted octanol–water partition coefficient (Wildman–Crippen LogP) is 1.68. The number of ether oxygens (including phenoxy) is 3. The molecule has 7 nitrogen and oxygen atoms in total. The maximum atomic E-state index is 5.82. The number of morpholine rings is 1. The van der Waals surface area contributed by atoms with Crippen molar-refractivity contribution < 1.29 is 18.7 Å². The van der Waals surface area contributed by atoms with Crippen LogP contribution < -0.4 is 0 Å². The smallest absolute Gasteiger partial charge is 0.246 e. The number of hydrogen-bond donors (Lipinski definition) is 0. The van der Waals surface area contributed by atoms with E-state index in [1.807, 2.05) is 6.92 Å². The third kappa shape index (κ3) is 3.28. The monoisotopic (exact) mass is 323 g/mol. The second kappa shape index (κ2) is 6.47. The van der Waals surface area contributed by atoms with Gasteiger partial charge in [0, 0.05) is 25.9 Å². The van der Waals surface area contributed by atoms with Crippen LogP contribution in [0.5, 0.6) is 0 Å². The van der Waals surface area contributed by atoms with Gasteiger partial charge in [-0.1, -0.05) is 5.16 Å². The van der Waals surface area contributed by atoms with Crippen LogP contribution in [-0.2, 0) is 14.2 Å². The van der Waals surface area contributed by atoms with Gasteiger partial charge in [0.15, 0.2) is 11.6 Å². The quantitative estimate of drug-likeness (QED) is 0.838. The van der Waals surface area contributed by atoms with Crippen molar-refractivity contribution >= 4 is 0 Å². The van der Waals surface area contributed by atoms with Gasteiger partial charge in [0.05, 0.1) is 26.4 Å². The Morgan fingerprint density at radius 1 is 1.17 bits per heavy atom. The summed E-state index contributed by atoms with van der Waals surface area (Å²) in [4.78, 5) is 6.84. The van der Waals surface area contributed by atoms with Crippen LogP contribution >= 0.6 is 0 Å². The molecule has 0 bridgehead atoms. The molecule has 23 heavy (non-hydrogen) atoms. The lowest BCUT2D eigenvalue weighted by atomic mass is 9.84. The van der Waals surface area contributed by atoms with Gasteiger partial charge in [0.25, 0.3) is 0 Å². The molecule has 4 rings (SSSR count). The summed E-state index contributed by atoms with van der Waals surface area (Å²) < 4.78 is 22.7. The first-order valence-corrected chi connectivity index (χ1v) is 8.64. The van der Waals surface area contributed by atoms with Gasteiger partial charge in [-0.05, 0) is 25.7 Å². The van der Waals surface area contributed by atoms with E-state index in [2.05, 4.69) is 15.0 Å². The van der Waals surface area contributed by atoms with Crippen LogP contribution in [0.2, 0.25) is 0 Å². The molecular formula is C16H25N3O4. The highest BCUT2D eigenvalue weighted by Gasteiger charge is 2.41. The van der Waals surface area contributed by atoms with Crippen molar-refractivity contribution in [2.24, 2.45) is 5.92 Å². The zero-order valence-electron chi connectivity index (χ0n) is 13.7. The Bertz CT molecular complexity index is 519. The molecule has 1 atom stereocenters. The normalized spacial score (nSPS) is 29.3. The summed E-state index contributed by atoms with van der Waals surface area (Å²) in [5.41, 5.74) is 0. The van der Waals surface area contributed by atoms with Crippen molar-refractivity contribution in [1.82, 2.24) is 15.0 Å². The van der Waals surface area contributed by atoms with E-state index in [9.17, 15) is 0 Å². The third-order valence-electron chi connectivity index (χ3n) is 5.24. The summed E-state index contributed by atoms with van der Waals surface area (Å²) >= 11 is 0. The molecule has 128 valence electrons. The number of nitrogens with zero attached hydrogens (tertiary/aromatic N) is 3. The lowest BCUT2D eigenvalue weighted by Crippen LogP contribution is -2.44. The number of rotatable bonds is 3. The lowest BCUT2D eigenvalue weighted by molar-refractivity contribution is -0.184. The summed E-state index contributed by atoms with van der Waals surface area (Å²) in [6, 6.07) is 0.0832. The highest BCUT2D eigenvalue weighted by molar-refractivity contribution is 4.95. The van der Waals surface area contributed by atoms with Crippen LogP contribution in [0, 0.1) is 12.8 Å². The zero-order chi connectivity index (χ0) is 15.7. The lowest BCUT2D eigenvalue weighted by Gasteiger charge is -2.40. The highest BCUT2D eigenvalue weighted by atomic mass is 16.7. The van der Waals surface area contributed by atoms with Crippen LogP contribution in [-0.4, -0.2) is 60.3 Å². The summed E-state index contributed by atoms with van der Waals surface area (Å²) in [5.74, 6) is 1.75. The minimum atomic E-state index is -0.273. The summed E-state index contributed by atoms with van der Waals surface area (Å²) in [6.07, 6.45) is 4.30. The summed E-state index contributed by atoms with van der Waals surface area (Å²) in [6.45, 7) is 6.70. The van der Waals surface area contributed by atoms with E-state index in [0.29, 0.717) is 24.2 Å². The average molecular weight is 323 g/mol. The molecule has 0 aromatic carbocycles. The molecule has 2 aliphatic heterocycles. The van der Waals surface area contributed by atoms with Gasteiger partial charge in [-0.15, -0.1) is 0 Å². The second-order valence-corrected chi connectivity index (χ2v) is 6.82. The van der Waals surface area contributed by atoms with E-state index >= 15 is 0 Å². The van der Waals surface area contributed by atoms with Gasteiger partial charge < -0.3 is 18.7 Å². The van der Waals surface area contributed by atoms with Crippen LogP contribution in [0.3, 0.4) is 0 Å². The van der Waals surface area contributed by atoms with E-state index in [1.54, 1.807) is 0 Å². The Morgan fingerprint density at radius 2 is 1.96 bits per heavy atom. The summed E-state index contributed by atoms with van der Waals surface area (Å²) in [7, 11) is 0. The Kier molecular flexibility index (Phi) is 4.36. The Labute approximate surface area is 136 Å². The zero-order valence-corrected chi connectivity index (χ0v) is 13.7. The predicted molar refractivity (Wildman–Crippen MR) is 80.8 cm³/mol. The van der Waals surface area contributed by atoms with Crippen molar-refractivity contribution in [2.45, 2.75) is 44.4 Å². The van der Waals surface area contributed by atoms with Gasteiger partial charge in [-0.2, -0.15) is 4.98 Å². The van der Waals surface area contributed by atoms with Crippen LogP contribution in [0.1, 0.15) is 43.4 Å². The van der Waals surface area contributed by atoms with E-state index in [4.69, 9.17) is 18.7 Å². The Hall–Kier alpha value is -1.02. The summed E-state index contributed by atoms with van der Waals surface area (Å²) in [5, 5.41) is 3.92. The molecule has 0 N–H and O–H groups in total. The topological polar surface area (TPSA) is 69.9 Å². The molecule has 1 aliphatic carbocycles. The van der Waals surface area contributed by atoms with E-state index < -0.39 is 0 Å². The number of aryl methyl sites for hydroxylation is 1. The molecule has 2 saturated heterocycles. The number of hydrogen-bond acceptors (Lipinski definition) is 7. The SMILES string of the molecule is Cc1noc(C2COCCN2CC2CCC3(CC2)OCCO3)n1. The molecule has 1 aromatic rings.